The maximum absolute atomic E-state index is 5.41. The van der Waals surface area contributed by atoms with Crippen molar-refractivity contribution in [2.45, 2.75) is 39.7 Å². The van der Waals surface area contributed by atoms with E-state index >= 15 is 0 Å². The van der Waals surface area contributed by atoms with Crippen molar-refractivity contribution in [3.8, 4) is 12.3 Å². The van der Waals surface area contributed by atoms with Crippen LogP contribution in [0.1, 0.15) is 42.8 Å². The fourth-order valence-corrected chi connectivity index (χ4v) is 1.79. The van der Waals surface area contributed by atoms with Gasteiger partial charge in [-0.2, -0.15) is 0 Å². The van der Waals surface area contributed by atoms with Crippen molar-refractivity contribution in [1.82, 2.24) is 10.3 Å². The van der Waals surface area contributed by atoms with Crippen molar-refractivity contribution in [2.75, 3.05) is 6.54 Å². The molecular weight excluding hydrogens is 196 g/mol. The van der Waals surface area contributed by atoms with Crippen molar-refractivity contribution in [3.05, 3.63) is 29.1 Å². The third-order valence-corrected chi connectivity index (χ3v) is 2.60. The average molecular weight is 216 g/mol. The minimum Gasteiger partial charge on any atom is -0.309 e. The summed E-state index contributed by atoms with van der Waals surface area (Å²) in [5.41, 5.74) is 3.34. The van der Waals surface area contributed by atoms with Gasteiger partial charge in [-0.3, -0.25) is 4.98 Å². The van der Waals surface area contributed by atoms with Gasteiger partial charge in [-0.1, -0.05) is 13.0 Å². The predicted octanol–water partition coefficient (Wildman–Crippen LogP) is 2.76. The summed E-state index contributed by atoms with van der Waals surface area (Å²) < 4.78 is 0. The van der Waals surface area contributed by atoms with E-state index in [1.165, 1.54) is 5.56 Å². The number of pyridine rings is 1. The van der Waals surface area contributed by atoms with Gasteiger partial charge in [0, 0.05) is 23.9 Å². The van der Waals surface area contributed by atoms with E-state index in [1.807, 2.05) is 19.9 Å². The van der Waals surface area contributed by atoms with Crippen LogP contribution >= 0.6 is 0 Å². The first-order valence-electron chi connectivity index (χ1n) is 5.80. The van der Waals surface area contributed by atoms with E-state index in [2.05, 4.69) is 29.2 Å². The molecule has 0 amide bonds. The lowest BCUT2D eigenvalue weighted by Crippen LogP contribution is -2.22. The molecule has 1 heterocycles. The number of hydrogen-bond acceptors (Lipinski definition) is 2. The van der Waals surface area contributed by atoms with Crippen molar-refractivity contribution in [2.24, 2.45) is 0 Å². The number of rotatable bonds is 5. The average Bonchev–Trinajstić information content (AvgIpc) is 2.25. The van der Waals surface area contributed by atoms with E-state index in [0.29, 0.717) is 6.42 Å². The summed E-state index contributed by atoms with van der Waals surface area (Å²) in [6.07, 6.45) is 7.23. The van der Waals surface area contributed by atoms with E-state index in [1.54, 1.807) is 0 Å². The van der Waals surface area contributed by atoms with Gasteiger partial charge in [0.15, 0.2) is 0 Å². The van der Waals surface area contributed by atoms with E-state index < -0.39 is 0 Å². The topological polar surface area (TPSA) is 24.9 Å². The molecule has 2 heteroatoms. The lowest BCUT2D eigenvalue weighted by molar-refractivity contribution is 0.538. The first-order chi connectivity index (χ1) is 7.69. The molecule has 86 valence electrons. The molecule has 1 rings (SSSR count). The minimum atomic E-state index is 0.234. The number of aromatic nitrogens is 1. The van der Waals surface area contributed by atoms with E-state index in [9.17, 15) is 0 Å². The fourth-order valence-electron chi connectivity index (χ4n) is 1.79. The summed E-state index contributed by atoms with van der Waals surface area (Å²) in [6, 6.07) is 4.40. The van der Waals surface area contributed by atoms with Crippen molar-refractivity contribution < 1.29 is 0 Å². The van der Waals surface area contributed by atoms with Crippen LogP contribution in [-0.2, 0) is 0 Å². The maximum atomic E-state index is 5.41. The van der Waals surface area contributed by atoms with Gasteiger partial charge < -0.3 is 5.32 Å². The van der Waals surface area contributed by atoms with Crippen molar-refractivity contribution in [3.63, 3.8) is 0 Å². The lowest BCUT2D eigenvalue weighted by atomic mass is 10.0. The molecule has 1 N–H and O–H groups in total. The Morgan fingerprint density at radius 3 is 2.75 bits per heavy atom. The third kappa shape index (κ3) is 3.36. The van der Waals surface area contributed by atoms with Gasteiger partial charge in [0.1, 0.15) is 0 Å². The number of aryl methyl sites for hydroxylation is 2. The zero-order valence-corrected chi connectivity index (χ0v) is 10.4. The van der Waals surface area contributed by atoms with Gasteiger partial charge in [-0.25, -0.2) is 0 Å². The Balaban J connectivity index is 2.88. The second kappa shape index (κ2) is 6.30. The van der Waals surface area contributed by atoms with E-state index in [4.69, 9.17) is 6.42 Å². The number of hydrogen-bond donors (Lipinski definition) is 1. The van der Waals surface area contributed by atoms with Gasteiger partial charge in [-0.05, 0) is 38.4 Å². The van der Waals surface area contributed by atoms with Crippen LogP contribution in [0.3, 0.4) is 0 Å². The molecule has 1 aromatic rings. The Morgan fingerprint density at radius 1 is 1.44 bits per heavy atom. The van der Waals surface area contributed by atoms with Gasteiger partial charge in [0.2, 0.25) is 0 Å². The van der Waals surface area contributed by atoms with Crippen LogP contribution in [0, 0.1) is 26.2 Å². The SMILES string of the molecule is C#CCC(NCCC)c1ccc(C)nc1C. The minimum absolute atomic E-state index is 0.234. The molecule has 0 aliphatic rings. The first kappa shape index (κ1) is 12.7. The molecule has 0 aliphatic carbocycles. The van der Waals surface area contributed by atoms with Crippen molar-refractivity contribution >= 4 is 0 Å². The molecule has 0 fully saturated rings. The molecule has 0 bridgehead atoms. The Morgan fingerprint density at radius 2 is 2.19 bits per heavy atom. The highest BCUT2D eigenvalue weighted by atomic mass is 14.9. The fraction of sp³-hybridized carbons (Fsp3) is 0.500. The second-order valence-corrected chi connectivity index (χ2v) is 4.04. The molecule has 0 radical (unpaired) electrons. The summed E-state index contributed by atoms with van der Waals surface area (Å²) in [7, 11) is 0. The zero-order valence-electron chi connectivity index (χ0n) is 10.4. The highest BCUT2D eigenvalue weighted by Gasteiger charge is 2.12. The normalized spacial score (nSPS) is 12.1. The molecule has 0 spiro atoms. The van der Waals surface area contributed by atoms with Gasteiger partial charge >= 0.3 is 0 Å². The van der Waals surface area contributed by atoms with Crippen molar-refractivity contribution in [1.29, 1.82) is 0 Å². The Labute approximate surface area is 98.5 Å². The Kier molecular flexibility index (Phi) is 5.01. The molecule has 0 saturated carbocycles. The largest absolute Gasteiger partial charge is 0.309 e. The first-order valence-corrected chi connectivity index (χ1v) is 5.80. The van der Waals surface area contributed by atoms with Crippen LogP contribution in [-0.4, -0.2) is 11.5 Å². The van der Waals surface area contributed by atoms with Crippen LogP contribution in [0.15, 0.2) is 12.1 Å². The summed E-state index contributed by atoms with van der Waals surface area (Å²) >= 11 is 0. The molecule has 1 aromatic heterocycles. The van der Waals surface area contributed by atoms with Crippen LogP contribution < -0.4 is 5.32 Å². The molecular formula is C14H20N2. The van der Waals surface area contributed by atoms with Gasteiger partial charge in [0.05, 0.1) is 0 Å². The predicted molar refractivity (Wildman–Crippen MR) is 68.2 cm³/mol. The van der Waals surface area contributed by atoms with E-state index in [0.717, 1.165) is 24.4 Å². The maximum Gasteiger partial charge on any atom is 0.0448 e. The number of terminal acetylenes is 1. The molecule has 1 atom stereocenters. The summed E-state index contributed by atoms with van der Waals surface area (Å²) in [5.74, 6) is 2.73. The van der Waals surface area contributed by atoms with Crippen LogP contribution in [0.25, 0.3) is 0 Å². The zero-order chi connectivity index (χ0) is 12.0. The summed E-state index contributed by atoms with van der Waals surface area (Å²) in [6.45, 7) is 7.19. The Bertz CT molecular complexity index is 377. The van der Waals surface area contributed by atoms with Crippen LogP contribution in [0.2, 0.25) is 0 Å². The monoisotopic (exact) mass is 216 g/mol. The molecule has 16 heavy (non-hydrogen) atoms. The molecule has 0 saturated heterocycles. The van der Waals surface area contributed by atoms with Gasteiger partial charge in [0.25, 0.3) is 0 Å². The van der Waals surface area contributed by atoms with E-state index in [-0.39, 0.29) is 6.04 Å². The second-order valence-electron chi connectivity index (χ2n) is 4.04. The molecule has 2 nitrogen and oxygen atoms in total. The molecule has 0 aliphatic heterocycles. The smallest absolute Gasteiger partial charge is 0.0448 e. The molecule has 1 unspecified atom stereocenters. The Hall–Kier alpha value is -1.33. The standard InChI is InChI=1S/C14H20N2/c1-5-7-14(15-10-6-2)13-9-8-11(3)16-12(13)4/h1,8-9,14-15H,6-7,10H2,2-4H3. The van der Waals surface area contributed by atoms with Crippen LogP contribution in [0.4, 0.5) is 0 Å². The number of nitrogens with zero attached hydrogens (tertiary/aromatic N) is 1. The number of nitrogens with one attached hydrogen (secondary N) is 1. The molecule has 0 aromatic carbocycles. The summed E-state index contributed by atoms with van der Waals surface area (Å²) in [5, 5.41) is 3.46. The van der Waals surface area contributed by atoms with Gasteiger partial charge in [-0.15, -0.1) is 12.3 Å². The lowest BCUT2D eigenvalue weighted by Gasteiger charge is -2.18. The highest BCUT2D eigenvalue weighted by Crippen LogP contribution is 2.19. The quantitative estimate of drug-likeness (QED) is 0.766. The third-order valence-electron chi connectivity index (χ3n) is 2.60. The highest BCUT2D eigenvalue weighted by molar-refractivity contribution is 5.26. The summed E-state index contributed by atoms with van der Waals surface area (Å²) in [4.78, 5) is 4.48. The van der Waals surface area contributed by atoms with Crippen LogP contribution in [0.5, 0.6) is 0 Å².